The maximum absolute atomic E-state index is 11.1. The molecule has 0 unspecified atom stereocenters. The van der Waals surface area contributed by atoms with Crippen molar-refractivity contribution in [3.05, 3.63) is 66.8 Å². The van der Waals surface area contributed by atoms with E-state index in [1.54, 1.807) is 6.92 Å². The van der Waals surface area contributed by atoms with Crippen LogP contribution in [0.4, 0.5) is 0 Å². The summed E-state index contributed by atoms with van der Waals surface area (Å²) in [5.74, 6) is -0.584. The second-order valence-electron chi connectivity index (χ2n) is 6.04. The fourth-order valence-corrected chi connectivity index (χ4v) is 1.70. The molecule has 0 bridgehead atoms. The second-order valence-corrected chi connectivity index (χ2v) is 6.04. The predicted octanol–water partition coefficient (Wildman–Crippen LogP) is 6.14. The Morgan fingerprint density at radius 1 is 1.00 bits per heavy atom. The van der Waals surface area contributed by atoms with Crippen LogP contribution in [-0.2, 0) is 19.1 Å². The lowest BCUT2D eigenvalue weighted by Gasteiger charge is -2.04. The normalized spacial score (nSPS) is 8.86. The predicted molar refractivity (Wildman–Crippen MR) is 118 cm³/mol. The van der Waals surface area contributed by atoms with E-state index in [4.69, 9.17) is 4.74 Å². The summed E-state index contributed by atoms with van der Waals surface area (Å²) < 4.78 is 9.28. The Kier molecular flexibility index (Phi) is 18.9. The third-order valence-electron chi connectivity index (χ3n) is 3.52. The number of carbonyl (C=O) groups excluding carboxylic acids is 2. The average molecular weight is 389 g/mol. The fourth-order valence-electron chi connectivity index (χ4n) is 1.70. The number of benzene rings is 1. The first kappa shape index (κ1) is 27.6. The van der Waals surface area contributed by atoms with Gasteiger partial charge < -0.3 is 9.47 Å². The van der Waals surface area contributed by atoms with Gasteiger partial charge in [0.1, 0.15) is 0 Å². The maximum Gasteiger partial charge on any atom is 0.333 e. The SMILES string of the molecule is C=C(C)C(=O)OC.C=C(CC)C(=O)OCCCCCC.C=Cc1ccccc1. The minimum absolute atomic E-state index is 0.237. The van der Waals surface area contributed by atoms with Crippen LogP contribution >= 0.6 is 0 Å². The summed E-state index contributed by atoms with van der Waals surface area (Å²) in [6.07, 6.45) is 7.04. The molecule has 1 rings (SSSR count). The number of hydrogen-bond donors (Lipinski definition) is 0. The van der Waals surface area contributed by atoms with E-state index in [0.29, 0.717) is 24.2 Å². The van der Waals surface area contributed by atoms with Gasteiger partial charge >= 0.3 is 11.9 Å². The molecule has 0 aliphatic heterocycles. The van der Waals surface area contributed by atoms with Gasteiger partial charge in [0.25, 0.3) is 0 Å². The van der Waals surface area contributed by atoms with E-state index in [9.17, 15) is 9.59 Å². The number of unbranched alkanes of at least 4 members (excludes halogenated alkanes) is 3. The molecule has 0 aromatic heterocycles. The smallest absolute Gasteiger partial charge is 0.333 e. The van der Waals surface area contributed by atoms with Crippen LogP contribution in [0.5, 0.6) is 0 Å². The van der Waals surface area contributed by atoms with Crippen molar-refractivity contribution in [2.75, 3.05) is 13.7 Å². The van der Waals surface area contributed by atoms with Crippen molar-refractivity contribution in [3.63, 3.8) is 0 Å². The number of methoxy groups -OCH3 is 1. The molecule has 0 saturated heterocycles. The average Bonchev–Trinajstić information content (AvgIpc) is 2.73. The summed E-state index contributed by atoms with van der Waals surface area (Å²) in [5, 5.41) is 0. The van der Waals surface area contributed by atoms with E-state index in [1.165, 1.54) is 25.5 Å². The van der Waals surface area contributed by atoms with Gasteiger partial charge in [-0.15, -0.1) is 0 Å². The van der Waals surface area contributed by atoms with Crippen LogP contribution in [-0.4, -0.2) is 25.7 Å². The summed E-state index contributed by atoms with van der Waals surface area (Å²) in [4.78, 5) is 21.3. The van der Waals surface area contributed by atoms with Crippen molar-refractivity contribution in [1.29, 1.82) is 0 Å². The van der Waals surface area contributed by atoms with Crippen molar-refractivity contribution < 1.29 is 19.1 Å². The molecular weight excluding hydrogens is 352 g/mol. The van der Waals surface area contributed by atoms with Gasteiger partial charge in [-0.05, 0) is 25.3 Å². The number of esters is 2. The summed E-state index contributed by atoms with van der Waals surface area (Å²) in [7, 11) is 1.33. The zero-order valence-corrected chi connectivity index (χ0v) is 18.0. The molecule has 4 nitrogen and oxygen atoms in total. The summed E-state index contributed by atoms with van der Waals surface area (Å²) in [6, 6.07) is 10.0. The maximum atomic E-state index is 11.1. The highest BCUT2D eigenvalue weighted by atomic mass is 16.5. The van der Waals surface area contributed by atoms with Crippen LogP contribution in [0.25, 0.3) is 6.08 Å². The van der Waals surface area contributed by atoms with E-state index in [2.05, 4.69) is 31.4 Å². The van der Waals surface area contributed by atoms with Crippen LogP contribution in [0, 0.1) is 0 Å². The van der Waals surface area contributed by atoms with Crippen molar-refractivity contribution >= 4 is 18.0 Å². The van der Waals surface area contributed by atoms with E-state index < -0.39 is 0 Å². The number of ether oxygens (including phenoxy) is 2. The van der Waals surface area contributed by atoms with Gasteiger partial charge in [0.15, 0.2) is 0 Å². The van der Waals surface area contributed by atoms with Gasteiger partial charge in [-0.1, -0.05) is 89.3 Å². The van der Waals surface area contributed by atoms with Gasteiger partial charge in [-0.25, -0.2) is 9.59 Å². The Balaban J connectivity index is 0. The highest BCUT2D eigenvalue weighted by molar-refractivity contribution is 5.87. The second kappa shape index (κ2) is 19.2. The Morgan fingerprint density at radius 2 is 1.61 bits per heavy atom. The topological polar surface area (TPSA) is 52.6 Å². The summed E-state index contributed by atoms with van der Waals surface area (Å²) in [5.41, 5.74) is 2.17. The molecule has 0 amide bonds. The minimum atomic E-state index is -0.347. The molecule has 4 heteroatoms. The third-order valence-corrected chi connectivity index (χ3v) is 3.52. The molecule has 1 aromatic rings. The standard InChI is InChI=1S/C11H20O2.C8H8.C5H8O2/c1-4-6-7-8-9-13-11(12)10(3)5-2;1-2-8-6-4-3-5-7-8;1-4(2)5(6)7-3/h3-9H2,1-2H3;2-7H,1H2;1H2,2-3H3. The van der Waals surface area contributed by atoms with Gasteiger partial charge in [0, 0.05) is 11.1 Å². The van der Waals surface area contributed by atoms with E-state index in [-0.39, 0.29) is 11.9 Å². The van der Waals surface area contributed by atoms with Crippen LogP contribution in [0.1, 0.15) is 58.4 Å². The molecule has 28 heavy (non-hydrogen) atoms. The van der Waals surface area contributed by atoms with E-state index in [0.717, 1.165) is 12.8 Å². The van der Waals surface area contributed by atoms with E-state index >= 15 is 0 Å². The van der Waals surface area contributed by atoms with Gasteiger partial charge in [0.2, 0.25) is 0 Å². The van der Waals surface area contributed by atoms with Crippen molar-refractivity contribution in [2.45, 2.75) is 52.9 Å². The lowest BCUT2D eigenvalue weighted by molar-refractivity contribution is -0.139. The van der Waals surface area contributed by atoms with Crippen LogP contribution in [0.15, 0.2) is 61.2 Å². The molecule has 0 heterocycles. The number of hydrogen-bond acceptors (Lipinski definition) is 4. The zero-order chi connectivity index (χ0) is 21.8. The molecule has 0 radical (unpaired) electrons. The lowest BCUT2D eigenvalue weighted by atomic mass is 10.2. The van der Waals surface area contributed by atoms with Crippen molar-refractivity contribution in [2.24, 2.45) is 0 Å². The molecule has 0 saturated carbocycles. The largest absolute Gasteiger partial charge is 0.466 e. The summed E-state index contributed by atoms with van der Waals surface area (Å²) in [6.45, 7) is 16.8. The highest BCUT2D eigenvalue weighted by Crippen LogP contribution is 2.03. The number of carbonyl (C=O) groups is 2. The number of rotatable bonds is 9. The molecule has 0 aliphatic rings. The Hall–Kier alpha value is -2.62. The molecule has 0 fully saturated rings. The monoisotopic (exact) mass is 388 g/mol. The molecule has 0 atom stereocenters. The molecule has 156 valence electrons. The fraction of sp³-hybridized carbons (Fsp3) is 0.417. The molecule has 1 aromatic carbocycles. The zero-order valence-electron chi connectivity index (χ0n) is 18.0. The quantitative estimate of drug-likeness (QED) is 0.289. The van der Waals surface area contributed by atoms with Crippen LogP contribution in [0.3, 0.4) is 0 Å². The first-order chi connectivity index (χ1) is 13.3. The van der Waals surface area contributed by atoms with Gasteiger partial charge in [-0.2, -0.15) is 0 Å². The molecular formula is C24H36O4. The van der Waals surface area contributed by atoms with Crippen LogP contribution < -0.4 is 0 Å². The van der Waals surface area contributed by atoms with Gasteiger partial charge in [-0.3, -0.25) is 0 Å². The molecule has 0 N–H and O–H groups in total. The first-order valence-electron chi connectivity index (χ1n) is 9.60. The molecule has 0 spiro atoms. The first-order valence-corrected chi connectivity index (χ1v) is 9.60. The van der Waals surface area contributed by atoms with Crippen molar-refractivity contribution in [3.8, 4) is 0 Å². The van der Waals surface area contributed by atoms with Crippen molar-refractivity contribution in [1.82, 2.24) is 0 Å². The molecule has 0 aliphatic carbocycles. The highest BCUT2D eigenvalue weighted by Gasteiger charge is 2.04. The van der Waals surface area contributed by atoms with E-state index in [1.807, 2.05) is 43.3 Å². The Morgan fingerprint density at radius 3 is 1.96 bits per heavy atom. The Bertz CT molecular complexity index is 588. The minimum Gasteiger partial charge on any atom is -0.466 e. The third kappa shape index (κ3) is 16.8. The Labute approximate surface area is 170 Å². The summed E-state index contributed by atoms with van der Waals surface area (Å²) >= 11 is 0. The van der Waals surface area contributed by atoms with Crippen LogP contribution in [0.2, 0.25) is 0 Å². The van der Waals surface area contributed by atoms with Gasteiger partial charge in [0.05, 0.1) is 13.7 Å². The lowest BCUT2D eigenvalue weighted by Crippen LogP contribution is -2.07.